The van der Waals surface area contributed by atoms with Crippen LogP contribution >= 0.6 is 23.2 Å². The molecule has 0 saturated carbocycles. The first kappa shape index (κ1) is 18.2. The van der Waals surface area contributed by atoms with Crippen molar-refractivity contribution in [2.75, 3.05) is 5.32 Å². The van der Waals surface area contributed by atoms with Gasteiger partial charge in [0.25, 0.3) is 5.56 Å². The maximum atomic E-state index is 13.9. The van der Waals surface area contributed by atoms with Gasteiger partial charge in [0, 0.05) is 11.9 Å². The van der Waals surface area contributed by atoms with Crippen molar-refractivity contribution in [1.29, 1.82) is 0 Å². The predicted octanol–water partition coefficient (Wildman–Crippen LogP) is 4.01. The van der Waals surface area contributed by atoms with Crippen molar-refractivity contribution in [3.63, 3.8) is 0 Å². The minimum Gasteiger partial charge on any atom is -0.391 e. The molecule has 1 aromatic carbocycles. The molecular formula is C16H14Cl2FN3O2. The molecule has 24 heavy (non-hydrogen) atoms. The highest BCUT2D eigenvalue weighted by Gasteiger charge is 2.14. The molecule has 0 aliphatic rings. The van der Waals surface area contributed by atoms with Gasteiger partial charge in [0.15, 0.2) is 11.5 Å². The van der Waals surface area contributed by atoms with E-state index in [4.69, 9.17) is 23.2 Å². The molecule has 0 aliphatic carbocycles. The van der Waals surface area contributed by atoms with Crippen LogP contribution in [-0.4, -0.2) is 14.5 Å². The lowest BCUT2D eigenvalue weighted by Gasteiger charge is -2.12. The molecule has 0 atom stereocenters. The number of hydrogen-bond donors (Lipinski definition) is 2. The first-order chi connectivity index (χ1) is 11.0. The maximum Gasteiger partial charge on any atom is 0.265 e. The van der Waals surface area contributed by atoms with E-state index in [-0.39, 0.29) is 24.5 Å². The topological polar surface area (TPSA) is 66.6 Å². The summed E-state index contributed by atoms with van der Waals surface area (Å²) in [5.41, 5.74) is -0.183. The largest absolute Gasteiger partial charge is 0.391 e. The van der Waals surface area contributed by atoms with E-state index in [0.29, 0.717) is 15.7 Å². The Balaban J connectivity index is 0.00000208. The number of pyridine rings is 1. The number of nitrogens with one attached hydrogen (secondary N) is 1. The van der Waals surface area contributed by atoms with Crippen LogP contribution in [0.2, 0.25) is 10.0 Å². The highest BCUT2D eigenvalue weighted by Crippen LogP contribution is 2.27. The summed E-state index contributed by atoms with van der Waals surface area (Å²) in [6.07, 6.45) is 1.38. The van der Waals surface area contributed by atoms with Crippen LogP contribution in [0, 0.1) is 5.82 Å². The zero-order valence-electron chi connectivity index (χ0n) is 11.6. The van der Waals surface area contributed by atoms with Crippen LogP contribution in [0.5, 0.6) is 0 Å². The molecule has 0 unspecified atom stereocenters. The van der Waals surface area contributed by atoms with E-state index in [2.05, 4.69) is 10.3 Å². The monoisotopic (exact) mass is 369 g/mol. The second-order valence-electron chi connectivity index (χ2n) is 4.71. The number of aliphatic hydroxyl groups excluding tert-OH is 1. The summed E-state index contributed by atoms with van der Waals surface area (Å²) >= 11 is 11.8. The molecule has 0 radical (unpaired) electrons. The summed E-state index contributed by atoms with van der Waals surface area (Å²) in [7, 11) is 0. The van der Waals surface area contributed by atoms with E-state index in [1.165, 1.54) is 24.4 Å². The minimum atomic E-state index is -0.647. The predicted molar refractivity (Wildman–Crippen MR) is 93.8 cm³/mol. The van der Waals surface area contributed by atoms with E-state index < -0.39 is 18.0 Å². The Labute approximate surface area is 147 Å². The van der Waals surface area contributed by atoms with Gasteiger partial charge in [-0.15, -0.1) is 0 Å². The van der Waals surface area contributed by atoms with Crippen molar-refractivity contribution < 1.29 is 9.50 Å². The number of benzene rings is 1. The van der Waals surface area contributed by atoms with Gasteiger partial charge in [0.05, 0.1) is 22.2 Å². The molecule has 0 bridgehead atoms. The first-order valence-electron chi connectivity index (χ1n) is 6.54. The molecule has 2 aromatic heterocycles. The van der Waals surface area contributed by atoms with E-state index in [0.717, 1.165) is 4.40 Å². The third kappa shape index (κ3) is 3.21. The van der Waals surface area contributed by atoms with Crippen LogP contribution in [0.1, 0.15) is 13.0 Å². The van der Waals surface area contributed by atoms with Gasteiger partial charge < -0.3 is 10.4 Å². The number of anilines is 2. The average molecular weight is 370 g/mol. The first-order valence-corrected chi connectivity index (χ1v) is 7.29. The van der Waals surface area contributed by atoms with Gasteiger partial charge in [-0.25, -0.2) is 9.37 Å². The Hall–Kier alpha value is -2.15. The van der Waals surface area contributed by atoms with Crippen LogP contribution in [0.15, 0.2) is 41.3 Å². The lowest BCUT2D eigenvalue weighted by Crippen LogP contribution is -2.22. The van der Waals surface area contributed by atoms with Gasteiger partial charge in [-0.3, -0.25) is 9.20 Å². The van der Waals surface area contributed by atoms with Gasteiger partial charge in [-0.1, -0.05) is 30.6 Å². The molecule has 5 nitrogen and oxygen atoms in total. The number of hydrogen-bond acceptors (Lipinski definition) is 4. The molecule has 2 heterocycles. The second-order valence-corrected chi connectivity index (χ2v) is 5.52. The van der Waals surface area contributed by atoms with Crippen molar-refractivity contribution in [3.8, 4) is 0 Å². The van der Waals surface area contributed by atoms with Crippen molar-refractivity contribution in [3.05, 3.63) is 68.3 Å². The molecular weight excluding hydrogens is 356 g/mol. The number of aliphatic hydroxyl groups is 1. The molecule has 3 aromatic rings. The molecule has 0 aliphatic heterocycles. The molecule has 0 fully saturated rings. The Morgan fingerprint density at radius 3 is 2.67 bits per heavy atom. The lowest BCUT2D eigenvalue weighted by molar-refractivity contribution is 0.280. The number of halogens is 3. The normalized spacial score (nSPS) is 10.5. The highest BCUT2D eigenvalue weighted by molar-refractivity contribution is 6.42. The minimum absolute atomic E-state index is 0. The fraction of sp³-hybridized carbons (Fsp3) is 0.125. The second kappa shape index (κ2) is 7.17. The van der Waals surface area contributed by atoms with Gasteiger partial charge >= 0.3 is 0 Å². The Morgan fingerprint density at radius 1 is 1.25 bits per heavy atom. The molecule has 2 N–H and O–H groups in total. The summed E-state index contributed by atoms with van der Waals surface area (Å²) in [6.45, 7) is -0.547. The SMILES string of the molecule is C.O=c1c(CO)c(Nc2ccc(Cl)c(Cl)c2)nc2c(F)cccn12. The maximum absolute atomic E-state index is 13.9. The van der Waals surface area contributed by atoms with Crippen LogP contribution < -0.4 is 10.9 Å². The fourth-order valence-corrected chi connectivity index (χ4v) is 2.42. The molecule has 8 heteroatoms. The number of nitrogens with zero attached hydrogens (tertiary/aromatic N) is 2. The average Bonchev–Trinajstić information content (AvgIpc) is 2.52. The lowest BCUT2D eigenvalue weighted by atomic mass is 10.2. The highest BCUT2D eigenvalue weighted by atomic mass is 35.5. The van der Waals surface area contributed by atoms with Crippen LogP contribution in [0.4, 0.5) is 15.9 Å². The number of fused-ring (bicyclic) bond motifs is 1. The van der Waals surface area contributed by atoms with Crippen molar-refractivity contribution in [2.45, 2.75) is 14.0 Å². The third-order valence-electron chi connectivity index (χ3n) is 3.24. The standard InChI is InChI=1S/C15H10Cl2FN3O2.CH4/c16-10-4-3-8(6-11(10)17)19-13-9(7-22)15(23)21-5-1-2-12(18)14(21)20-13;/h1-6,19,22H,7H2;1H4. The van der Waals surface area contributed by atoms with E-state index in [9.17, 15) is 14.3 Å². The van der Waals surface area contributed by atoms with Gasteiger partial charge in [0.1, 0.15) is 5.82 Å². The molecule has 0 amide bonds. The summed E-state index contributed by atoms with van der Waals surface area (Å²) in [5, 5.41) is 13.0. The zero-order chi connectivity index (χ0) is 16.6. The smallest absolute Gasteiger partial charge is 0.265 e. The van der Waals surface area contributed by atoms with Gasteiger partial charge in [-0.05, 0) is 30.3 Å². The summed E-state index contributed by atoms with van der Waals surface area (Å²) in [6, 6.07) is 7.32. The van der Waals surface area contributed by atoms with E-state index >= 15 is 0 Å². The number of rotatable bonds is 3. The summed E-state index contributed by atoms with van der Waals surface area (Å²) in [5.74, 6) is -0.590. The Morgan fingerprint density at radius 2 is 2.00 bits per heavy atom. The van der Waals surface area contributed by atoms with E-state index in [1.807, 2.05) is 0 Å². The molecule has 0 saturated heterocycles. The van der Waals surface area contributed by atoms with E-state index in [1.54, 1.807) is 12.1 Å². The third-order valence-corrected chi connectivity index (χ3v) is 3.98. The van der Waals surface area contributed by atoms with Crippen LogP contribution in [0.3, 0.4) is 0 Å². The van der Waals surface area contributed by atoms with Crippen LogP contribution in [-0.2, 0) is 6.61 Å². The van der Waals surface area contributed by atoms with Gasteiger partial charge in [-0.2, -0.15) is 0 Å². The Kier molecular flexibility index (Phi) is 5.43. The van der Waals surface area contributed by atoms with Crippen molar-refractivity contribution >= 4 is 40.4 Å². The van der Waals surface area contributed by atoms with Crippen molar-refractivity contribution in [1.82, 2.24) is 9.38 Å². The zero-order valence-corrected chi connectivity index (χ0v) is 13.1. The summed E-state index contributed by atoms with van der Waals surface area (Å²) < 4.78 is 14.9. The quantitative estimate of drug-likeness (QED) is 0.731. The number of aromatic nitrogens is 2. The van der Waals surface area contributed by atoms with Gasteiger partial charge in [0.2, 0.25) is 0 Å². The Bertz CT molecular complexity index is 960. The summed E-state index contributed by atoms with van der Waals surface area (Å²) in [4.78, 5) is 16.4. The molecule has 0 spiro atoms. The molecule has 126 valence electrons. The molecule has 3 rings (SSSR count). The fourth-order valence-electron chi connectivity index (χ4n) is 2.12. The van der Waals surface area contributed by atoms with Crippen LogP contribution in [0.25, 0.3) is 5.65 Å². The van der Waals surface area contributed by atoms with Crippen molar-refractivity contribution in [2.24, 2.45) is 0 Å².